The Morgan fingerprint density at radius 2 is 1.46 bits per heavy atom. The molecule has 2 aliphatic carbocycles. The van der Waals surface area contributed by atoms with Crippen LogP contribution < -0.4 is 4.90 Å². The molecule has 0 radical (unpaired) electrons. The van der Waals surface area contributed by atoms with Crippen LogP contribution in [0.15, 0.2) is 206 Å². The van der Waals surface area contributed by atoms with Crippen molar-refractivity contribution >= 4 is 49.5 Å². The molecule has 0 saturated heterocycles. The first-order valence-electron chi connectivity index (χ1n) is 20.8. The average Bonchev–Trinajstić information content (AvgIpc) is 3.70. The van der Waals surface area contributed by atoms with E-state index in [1.54, 1.807) is 0 Å². The maximum absolute atomic E-state index is 3.93. The van der Waals surface area contributed by atoms with Crippen LogP contribution >= 0.6 is 0 Å². The van der Waals surface area contributed by atoms with E-state index >= 15 is 0 Å². The van der Waals surface area contributed by atoms with Crippen molar-refractivity contribution in [3.8, 4) is 16.8 Å². The molecule has 1 heterocycles. The lowest BCUT2D eigenvalue weighted by Crippen LogP contribution is -2.20. The molecule has 2 aliphatic rings. The minimum absolute atomic E-state index is 0.0939. The Balaban J connectivity index is 1.08. The van der Waals surface area contributed by atoms with Crippen LogP contribution in [0.3, 0.4) is 0 Å². The summed E-state index contributed by atoms with van der Waals surface area (Å²) in [6, 6.07) is 56.2. The molecule has 2 nitrogen and oxygen atoms in total. The van der Waals surface area contributed by atoms with Gasteiger partial charge in [0.15, 0.2) is 0 Å². The highest BCUT2D eigenvalue weighted by atomic mass is 15.1. The van der Waals surface area contributed by atoms with Crippen LogP contribution in [0.5, 0.6) is 0 Å². The Morgan fingerprint density at radius 3 is 2.24 bits per heavy atom. The summed E-state index contributed by atoms with van der Waals surface area (Å²) >= 11 is 0. The first kappa shape index (κ1) is 36.4. The fourth-order valence-electron chi connectivity index (χ4n) is 9.53. The molecule has 2 heteroatoms. The summed E-state index contributed by atoms with van der Waals surface area (Å²) in [5.41, 5.74) is 17.3. The molecule has 0 N–H and O–H groups in total. The lowest BCUT2D eigenvalue weighted by atomic mass is 9.81. The largest absolute Gasteiger partial charge is 0.311 e. The zero-order valence-corrected chi connectivity index (χ0v) is 34.3. The summed E-state index contributed by atoms with van der Waals surface area (Å²) in [6.45, 7) is 13.1. The number of hydrogen-bond acceptors (Lipinski definition) is 1. The highest BCUT2D eigenvalue weighted by molar-refractivity contribution is 6.21. The van der Waals surface area contributed by atoms with Gasteiger partial charge >= 0.3 is 0 Å². The smallest absolute Gasteiger partial charge is 0.0547 e. The molecule has 59 heavy (non-hydrogen) atoms. The number of anilines is 2. The molecule has 1 atom stereocenters. The van der Waals surface area contributed by atoms with E-state index < -0.39 is 0 Å². The number of allylic oxidation sites excluding steroid dienone is 8. The van der Waals surface area contributed by atoms with Crippen molar-refractivity contribution in [2.45, 2.75) is 45.4 Å². The summed E-state index contributed by atoms with van der Waals surface area (Å²) in [5, 5.41) is 5.09. The van der Waals surface area contributed by atoms with E-state index in [-0.39, 0.29) is 5.41 Å². The molecular formula is C57H48N2. The number of fused-ring (bicyclic) bond motifs is 6. The van der Waals surface area contributed by atoms with Gasteiger partial charge in [-0.3, -0.25) is 0 Å². The van der Waals surface area contributed by atoms with E-state index in [1.807, 2.05) is 6.08 Å². The van der Waals surface area contributed by atoms with Crippen molar-refractivity contribution in [3.05, 3.63) is 228 Å². The Labute approximate surface area is 348 Å². The van der Waals surface area contributed by atoms with Gasteiger partial charge in [-0.05, 0) is 131 Å². The van der Waals surface area contributed by atoms with Gasteiger partial charge < -0.3 is 9.47 Å². The average molecular weight is 761 g/mol. The number of hydrogen-bond donors (Lipinski definition) is 0. The first-order valence-corrected chi connectivity index (χ1v) is 20.8. The lowest BCUT2D eigenvalue weighted by molar-refractivity contribution is 0.639. The van der Waals surface area contributed by atoms with Gasteiger partial charge in [0, 0.05) is 44.9 Å². The number of aromatic nitrogens is 1. The fraction of sp³-hybridized carbons (Fsp3) is 0.123. The number of nitrogens with zero attached hydrogens (tertiary/aromatic N) is 2. The quantitative estimate of drug-likeness (QED) is 0.140. The Kier molecular flexibility index (Phi) is 8.95. The van der Waals surface area contributed by atoms with Crippen LogP contribution in [-0.2, 0) is 5.41 Å². The molecule has 8 aromatic rings. The monoisotopic (exact) mass is 760 g/mol. The minimum Gasteiger partial charge on any atom is -0.311 e. The Hall–Kier alpha value is -6.90. The highest BCUT2D eigenvalue weighted by Gasteiger charge is 2.35. The third-order valence-corrected chi connectivity index (χ3v) is 12.9. The van der Waals surface area contributed by atoms with Crippen LogP contribution in [0.4, 0.5) is 11.4 Å². The molecular weight excluding hydrogens is 713 g/mol. The molecule has 0 fully saturated rings. The number of benzene rings is 7. The summed E-state index contributed by atoms with van der Waals surface area (Å²) in [7, 11) is 0. The van der Waals surface area contributed by atoms with Crippen LogP contribution in [0.25, 0.3) is 55.0 Å². The second kappa shape index (κ2) is 14.5. The van der Waals surface area contributed by atoms with E-state index in [4.69, 9.17) is 0 Å². The summed E-state index contributed by atoms with van der Waals surface area (Å²) in [5.74, 6) is 0.359. The van der Waals surface area contributed by atoms with Gasteiger partial charge in [0.25, 0.3) is 0 Å². The van der Waals surface area contributed by atoms with E-state index in [1.165, 1.54) is 88.5 Å². The standard InChI is InChI=1S/C57H48N2/c1-6-7-19-49-39(3)57(4,5)53-37-48(31-32-51(49)53)58(45-27-21-41(22-28-45)40-15-9-8-10-16-40)46-29-23-42(24-30-46)44-26-33-54-52(36-44)56-50-20-12-11-17-43(50)25-34-55(56)59(54)47-18-13-14-38(2)35-47/h6-21,23-37,41H,1,22H2,2-5H3/b19-7-. The molecule has 0 saturated carbocycles. The molecule has 10 rings (SSSR count). The number of rotatable bonds is 8. The number of aryl methyl sites for hydroxylation is 1. The van der Waals surface area contributed by atoms with Crippen LogP contribution in [-0.4, -0.2) is 4.57 Å². The minimum atomic E-state index is -0.0939. The second-order valence-electron chi connectivity index (χ2n) is 16.7. The summed E-state index contributed by atoms with van der Waals surface area (Å²) in [4.78, 5) is 2.44. The van der Waals surface area contributed by atoms with E-state index in [2.05, 4.69) is 226 Å². The molecule has 0 bridgehead atoms. The van der Waals surface area contributed by atoms with E-state index in [9.17, 15) is 0 Å². The van der Waals surface area contributed by atoms with Crippen molar-refractivity contribution in [1.29, 1.82) is 0 Å². The maximum Gasteiger partial charge on any atom is 0.0547 e. The SMILES string of the molecule is C=C/C=C\C1=C(C)C(C)(C)c2cc(N(C3=CCC(c4ccccc4)C=C3)c3ccc(-c4ccc5c(c4)c4c6ccccc6ccc4n5-c4cccc(C)c4)cc3)ccc21. The van der Waals surface area contributed by atoms with Crippen LogP contribution in [0.1, 0.15) is 55.4 Å². The van der Waals surface area contributed by atoms with Crippen LogP contribution in [0, 0.1) is 6.92 Å². The summed E-state index contributed by atoms with van der Waals surface area (Å²) < 4.78 is 2.43. The summed E-state index contributed by atoms with van der Waals surface area (Å²) in [6.07, 6.45) is 14.2. The van der Waals surface area contributed by atoms with Crippen molar-refractivity contribution in [1.82, 2.24) is 4.57 Å². The topological polar surface area (TPSA) is 8.17 Å². The third-order valence-electron chi connectivity index (χ3n) is 12.9. The van der Waals surface area contributed by atoms with Gasteiger partial charge in [-0.2, -0.15) is 0 Å². The Bertz CT molecular complexity index is 3070. The van der Waals surface area contributed by atoms with Gasteiger partial charge in [0.1, 0.15) is 0 Å². The predicted octanol–water partition coefficient (Wildman–Crippen LogP) is 15.5. The van der Waals surface area contributed by atoms with Gasteiger partial charge in [0.05, 0.1) is 11.0 Å². The fourth-order valence-corrected chi connectivity index (χ4v) is 9.53. The molecule has 0 spiro atoms. The van der Waals surface area contributed by atoms with Crippen molar-refractivity contribution in [2.75, 3.05) is 4.90 Å². The van der Waals surface area contributed by atoms with Crippen molar-refractivity contribution < 1.29 is 0 Å². The van der Waals surface area contributed by atoms with E-state index in [0.717, 1.165) is 17.8 Å². The second-order valence-corrected chi connectivity index (χ2v) is 16.7. The Morgan fingerprint density at radius 1 is 0.695 bits per heavy atom. The maximum atomic E-state index is 3.93. The van der Waals surface area contributed by atoms with Gasteiger partial charge in [-0.25, -0.2) is 0 Å². The van der Waals surface area contributed by atoms with Gasteiger partial charge in [-0.1, -0.05) is 153 Å². The van der Waals surface area contributed by atoms with E-state index in [0.29, 0.717) is 5.92 Å². The molecule has 286 valence electrons. The molecule has 1 unspecified atom stereocenters. The van der Waals surface area contributed by atoms with Gasteiger partial charge in [-0.15, -0.1) is 0 Å². The molecule has 0 aliphatic heterocycles. The lowest BCUT2D eigenvalue weighted by Gasteiger charge is -2.31. The van der Waals surface area contributed by atoms with Gasteiger partial charge in [0.2, 0.25) is 0 Å². The zero-order chi connectivity index (χ0) is 40.3. The van der Waals surface area contributed by atoms with Crippen molar-refractivity contribution in [2.24, 2.45) is 0 Å². The molecule has 7 aromatic carbocycles. The third kappa shape index (κ3) is 6.19. The normalized spacial score (nSPS) is 16.0. The highest BCUT2D eigenvalue weighted by Crippen LogP contribution is 2.49. The zero-order valence-electron chi connectivity index (χ0n) is 34.3. The predicted molar refractivity (Wildman–Crippen MR) is 253 cm³/mol. The first-order chi connectivity index (χ1) is 28.8. The molecule has 1 aromatic heterocycles. The molecule has 0 amide bonds. The van der Waals surface area contributed by atoms with Crippen LogP contribution in [0.2, 0.25) is 0 Å². The van der Waals surface area contributed by atoms with Crippen molar-refractivity contribution in [3.63, 3.8) is 0 Å².